The summed E-state index contributed by atoms with van der Waals surface area (Å²) in [6.45, 7) is 2.48. The molecule has 0 fully saturated rings. The van der Waals surface area contributed by atoms with E-state index in [-0.39, 0.29) is 12.1 Å². The van der Waals surface area contributed by atoms with E-state index in [1.54, 1.807) is 0 Å². The summed E-state index contributed by atoms with van der Waals surface area (Å²) in [5.41, 5.74) is 2.51. The van der Waals surface area contributed by atoms with Gasteiger partial charge in [-0.2, -0.15) is 0 Å². The first kappa shape index (κ1) is 13.4. The molecule has 1 aromatic rings. The molecule has 0 aromatic heterocycles. The van der Waals surface area contributed by atoms with Gasteiger partial charge >= 0.3 is 0 Å². The zero-order valence-corrected chi connectivity index (χ0v) is 11.3. The van der Waals surface area contributed by atoms with Gasteiger partial charge in [-0.25, -0.2) is 0 Å². The van der Waals surface area contributed by atoms with Crippen LogP contribution in [0.5, 0.6) is 5.75 Å². The van der Waals surface area contributed by atoms with Gasteiger partial charge < -0.3 is 15.2 Å². The maximum absolute atomic E-state index is 9.31. The third kappa shape index (κ3) is 3.03. The third-order valence-corrected chi connectivity index (χ3v) is 3.83. The normalized spacial score (nSPS) is 17.9. The number of aliphatic hydroxyl groups is 1. The molecule has 0 bridgehead atoms. The molecule has 1 aromatic carbocycles. The van der Waals surface area contributed by atoms with Crippen molar-refractivity contribution < 1.29 is 9.84 Å². The van der Waals surface area contributed by atoms with E-state index in [4.69, 9.17) is 4.74 Å². The highest BCUT2D eigenvalue weighted by Crippen LogP contribution is 2.25. The molecule has 0 aliphatic heterocycles. The number of hydrogen-bond acceptors (Lipinski definition) is 3. The molecule has 100 valence electrons. The number of nitrogens with one attached hydrogen (secondary N) is 1. The molecule has 2 N–H and O–H groups in total. The molecule has 0 heterocycles. The molecule has 1 aliphatic rings. The van der Waals surface area contributed by atoms with Crippen LogP contribution in [0.3, 0.4) is 0 Å². The van der Waals surface area contributed by atoms with E-state index in [0.717, 1.165) is 12.2 Å². The summed E-state index contributed by atoms with van der Waals surface area (Å²) in [6.07, 6.45) is 4.94. The Bertz CT molecular complexity index is 399. The lowest BCUT2D eigenvalue weighted by atomic mass is 9.92. The van der Waals surface area contributed by atoms with Crippen molar-refractivity contribution >= 4 is 0 Å². The van der Waals surface area contributed by atoms with Gasteiger partial charge in [-0.15, -0.1) is 0 Å². The Hall–Kier alpha value is -1.06. The van der Waals surface area contributed by atoms with E-state index >= 15 is 0 Å². The van der Waals surface area contributed by atoms with Gasteiger partial charge in [0.1, 0.15) is 12.4 Å². The van der Waals surface area contributed by atoms with E-state index in [1.165, 1.54) is 30.4 Å². The fourth-order valence-electron chi connectivity index (χ4n) is 2.24. The zero-order chi connectivity index (χ0) is 13.0. The van der Waals surface area contributed by atoms with Crippen LogP contribution in [0.1, 0.15) is 30.9 Å². The highest BCUT2D eigenvalue weighted by atomic mass is 16.5. The number of fused-ring (bicyclic) bond motifs is 1. The number of aryl methyl sites for hydroxylation is 2. The zero-order valence-electron chi connectivity index (χ0n) is 11.3. The van der Waals surface area contributed by atoms with Crippen molar-refractivity contribution in [3.8, 4) is 5.75 Å². The summed E-state index contributed by atoms with van der Waals surface area (Å²) in [4.78, 5) is 0. The average Bonchev–Trinajstić information content (AvgIpc) is 2.44. The van der Waals surface area contributed by atoms with Gasteiger partial charge in [0.05, 0.1) is 12.1 Å². The van der Waals surface area contributed by atoms with Gasteiger partial charge in [0.15, 0.2) is 0 Å². The van der Waals surface area contributed by atoms with Gasteiger partial charge in [-0.3, -0.25) is 0 Å². The molecule has 0 saturated carbocycles. The van der Waals surface area contributed by atoms with Crippen LogP contribution in [0, 0.1) is 0 Å². The lowest BCUT2D eigenvalue weighted by molar-refractivity contribution is 0.122. The second kappa shape index (κ2) is 5.72. The van der Waals surface area contributed by atoms with Crippen LogP contribution in [-0.2, 0) is 12.8 Å². The standard InChI is InChI=1S/C15H23NO2/c1-15(10-17,16-2)11-18-14-8-7-12-5-3-4-6-13(12)9-14/h7-9,16-17H,3-6,10-11H2,1-2H3. The van der Waals surface area contributed by atoms with E-state index in [0.29, 0.717) is 6.61 Å². The maximum atomic E-state index is 9.31. The van der Waals surface area contributed by atoms with Gasteiger partial charge in [0.2, 0.25) is 0 Å². The van der Waals surface area contributed by atoms with Crippen LogP contribution in [0.4, 0.5) is 0 Å². The van der Waals surface area contributed by atoms with Crippen LogP contribution < -0.4 is 10.1 Å². The Balaban J connectivity index is 2.02. The predicted octanol–water partition coefficient (Wildman–Crippen LogP) is 1.91. The molecule has 2 rings (SSSR count). The SMILES string of the molecule is CNC(C)(CO)COc1ccc2c(c1)CCCC2. The number of aliphatic hydroxyl groups excluding tert-OH is 1. The second-order valence-electron chi connectivity index (χ2n) is 5.40. The highest BCUT2D eigenvalue weighted by Gasteiger charge is 2.22. The number of benzene rings is 1. The summed E-state index contributed by atoms with van der Waals surface area (Å²) in [7, 11) is 1.84. The number of ether oxygens (including phenoxy) is 1. The number of rotatable bonds is 5. The molecule has 18 heavy (non-hydrogen) atoms. The van der Waals surface area contributed by atoms with Gasteiger partial charge in [-0.1, -0.05) is 6.07 Å². The van der Waals surface area contributed by atoms with Crippen LogP contribution in [0.25, 0.3) is 0 Å². The van der Waals surface area contributed by atoms with Crippen molar-refractivity contribution in [3.05, 3.63) is 29.3 Å². The number of hydrogen-bond donors (Lipinski definition) is 2. The molecule has 3 heteroatoms. The fraction of sp³-hybridized carbons (Fsp3) is 0.600. The summed E-state index contributed by atoms with van der Waals surface area (Å²) in [6, 6.07) is 6.37. The van der Waals surface area contributed by atoms with Gasteiger partial charge in [0.25, 0.3) is 0 Å². The molecule has 0 spiro atoms. The van der Waals surface area contributed by atoms with Crippen molar-refractivity contribution in [3.63, 3.8) is 0 Å². The van der Waals surface area contributed by atoms with Crippen molar-refractivity contribution in [1.29, 1.82) is 0 Å². The third-order valence-electron chi connectivity index (χ3n) is 3.83. The second-order valence-corrected chi connectivity index (χ2v) is 5.40. The Morgan fingerprint density at radius 2 is 2.00 bits per heavy atom. The van der Waals surface area contributed by atoms with E-state index < -0.39 is 0 Å². The average molecular weight is 249 g/mol. The van der Waals surface area contributed by atoms with Crippen molar-refractivity contribution in [2.24, 2.45) is 0 Å². The molecule has 3 nitrogen and oxygen atoms in total. The largest absolute Gasteiger partial charge is 0.492 e. The Morgan fingerprint density at radius 3 is 2.67 bits per heavy atom. The lowest BCUT2D eigenvalue weighted by Gasteiger charge is -2.27. The summed E-state index contributed by atoms with van der Waals surface area (Å²) in [5.74, 6) is 0.908. The highest BCUT2D eigenvalue weighted by molar-refractivity contribution is 5.37. The lowest BCUT2D eigenvalue weighted by Crippen LogP contribution is -2.48. The summed E-state index contributed by atoms with van der Waals surface area (Å²) >= 11 is 0. The Kier molecular flexibility index (Phi) is 4.25. The minimum atomic E-state index is -0.379. The fourth-order valence-corrected chi connectivity index (χ4v) is 2.24. The monoisotopic (exact) mass is 249 g/mol. The Labute approximate surface area is 109 Å². The molecular formula is C15H23NO2. The number of likely N-dealkylation sites (N-methyl/N-ethyl adjacent to an activating group) is 1. The van der Waals surface area contributed by atoms with Crippen LogP contribution in [0.15, 0.2) is 18.2 Å². The molecular weight excluding hydrogens is 226 g/mol. The molecule has 1 unspecified atom stereocenters. The maximum Gasteiger partial charge on any atom is 0.119 e. The molecule has 0 saturated heterocycles. The summed E-state index contributed by atoms with van der Waals surface area (Å²) in [5, 5.41) is 12.4. The minimum absolute atomic E-state index is 0.0639. The smallest absolute Gasteiger partial charge is 0.119 e. The first-order valence-corrected chi connectivity index (χ1v) is 6.71. The van der Waals surface area contributed by atoms with Crippen LogP contribution >= 0.6 is 0 Å². The van der Waals surface area contributed by atoms with Crippen molar-refractivity contribution in [2.45, 2.75) is 38.1 Å². The first-order chi connectivity index (χ1) is 8.67. The van der Waals surface area contributed by atoms with E-state index in [9.17, 15) is 5.11 Å². The van der Waals surface area contributed by atoms with Crippen molar-refractivity contribution in [1.82, 2.24) is 5.32 Å². The van der Waals surface area contributed by atoms with Gasteiger partial charge in [-0.05, 0) is 62.9 Å². The minimum Gasteiger partial charge on any atom is -0.492 e. The molecule has 0 radical (unpaired) electrons. The molecule has 0 amide bonds. The Morgan fingerprint density at radius 1 is 1.28 bits per heavy atom. The topological polar surface area (TPSA) is 41.5 Å². The summed E-state index contributed by atoms with van der Waals surface area (Å²) < 4.78 is 5.80. The van der Waals surface area contributed by atoms with Crippen LogP contribution in [0.2, 0.25) is 0 Å². The van der Waals surface area contributed by atoms with Gasteiger partial charge in [0, 0.05) is 0 Å². The molecule has 1 atom stereocenters. The predicted molar refractivity (Wildman–Crippen MR) is 73.1 cm³/mol. The van der Waals surface area contributed by atoms with Crippen LogP contribution in [-0.4, -0.2) is 30.9 Å². The quantitative estimate of drug-likeness (QED) is 0.837. The first-order valence-electron chi connectivity index (χ1n) is 6.71. The van der Waals surface area contributed by atoms with Crippen molar-refractivity contribution in [2.75, 3.05) is 20.3 Å². The van der Waals surface area contributed by atoms with E-state index in [1.807, 2.05) is 20.0 Å². The van der Waals surface area contributed by atoms with E-state index in [2.05, 4.69) is 17.4 Å². The molecule has 1 aliphatic carbocycles.